The molecule has 3 rings (SSSR count). The number of carboxylic acids is 1. The Labute approximate surface area is 196 Å². The minimum absolute atomic E-state index is 0.418. The summed E-state index contributed by atoms with van der Waals surface area (Å²) in [6, 6.07) is 19.9. The third-order valence-corrected chi connectivity index (χ3v) is 5.92. The molecule has 0 heterocycles. The highest BCUT2D eigenvalue weighted by Gasteiger charge is 2.30. The second kappa shape index (κ2) is 10.7. The standard InChI is InChI=1S/C24H18BrF3O3S/c25-21-14-19(9-10-22(21)31-15-23(29)30)32-12-11-20(16-5-2-1-3-6-16)17-7-4-8-18(13-17)24(26,27)28/h1-11,13-14H,12,15H2,(H,29,30). The number of ether oxygens (including phenoxy) is 1. The number of alkyl halides is 3. The zero-order valence-electron chi connectivity index (χ0n) is 16.6. The van der Waals surface area contributed by atoms with Crippen molar-refractivity contribution in [2.45, 2.75) is 11.1 Å². The first-order valence-corrected chi connectivity index (χ1v) is 11.2. The van der Waals surface area contributed by atoms with E-state index in [1.54, 1.807) is 18.2 Å². The van der Waals surface area contributed by atoms with Crippen LogP contribution in [0.4, 0.5) is 13.2 Å². The summed E-state index contributed by atoms with van der Waals surface area (Å²) in [7, 11) is 0. The van der Waals surface area contributed by atoms with E-state index in [4.69, 9.17) is 9.84 Å². The number of hydrogen-bond donors (Lipinski definition) is 1. The molecule has 0 atom stereocenters. The van der Waals surface area contributed by atoms with Crippen molar-refractivity contribution in [1.29, 1.82) is 0 Å². The maximum Gasteiger partial charge on any atom is 0.416 e. The van der Waals surface area contributed by atoms with Crippen LogP contribution in [0.1, 0.15) is 16.7 Å². The van der Waals surface area contributed by atoms with Gasteiger partial charge in [-0.25, -0.2) is 4.79 Å². The molecule has 32 heavy (non-hydrogen) atoms. The molecule has 0 aliphatic heterocycles. The van der Waals surface area contributed by atoms with Crippen LogP contribution in [0.3, 0.4) is 0 Å². The lowest BCUT2D eigenvalue weighted by Gasteiger charge is -2.12. The van der Waals surface area contributed by atoms with Crippen molar-refractivity contribution >= 4 is 39.2 Å². The molecule has 0 radical (unpaired) electrons. The number of halogens is 4. The molecule has 0 aliphatic carbocycles. The van der Waals surface area contributed by atoms with Gasteiger partial charge in [-0.1, -0.05) is 48.5 Å². The molecule has 0 aliphatic rings. The minimum atomic E-state index is -4.41. The van der Waals surface area contributed by atoms with Crippen molar-refractivity contribution in [2.24, 2.45) is 0 Å². The van der Waals surface area contributed by atoms with E-state index in [2.05, 4.69) is 15.9 Å². The molecule has 0 saturated carbocycles. The van der Waals surface area contributed by atoms with Crippen LogP contribution in [0.5, 0.6) is 5.75 Å². The average Bonchev–Trinajstić information content (AvgIpc) is 2.76. The number of rotatable bonds is 8. The van der Waals surface area contributed by atoms with Crippen LogP contribution in [-0.4, -0.2) is 23.4 Å². The molecule has 1 N–H and O–H groups in total. The molecule has 3 nitrogen and oxygen atoms in total. The van der Waals surface area contributed by atoms with Crippen molar-refractivity contribution in [3.8, 4) is 5.75 Å². The lowest BCUT2D eigenvalue weighted by atomic mass is 9.96. The summed E-state index contributed by atoms with van der Waals surface area (Å²) in [6.07, 6.45) is -2.51. The maximum absolute atomic E-state index is 13.2. The Hall–Kier alpha value is -2.71. The second-order valence-corrected chi connectivity index (χ2v) is 8.60. The smallest absolute Gasteiger partial charge is 0.416 e. The molecule has 0 amide bonds. The Balaban J connectivity index is 1.82. The van der Waals surface area contributed by atoms with Crippen LogP contribution < -0.4 is 4.74 Å². The summed E-state index contributed by atoms with van der Waals surface area (Å²) in [5.74, 6) is -0.132. The predicted molar refractivity (Wildman–Crippen MR) is 123 cm³/mol. The minimum Gasteiger partial charge on any atom is -0.481 e. The lowest BCUT2D eigenvalue weighted by Crippen LogP contribution is -2.09. The molecule has 0 spiro atoms. The first-order valence-electron chi connectivity index (χ1n) is 9.44. The van der Waals surface area contributed by atoms with Crippen molar-refractivity contribution in [3.05, 3.63) is 100 Å². The first-order chi connectivity index (χ1) is 15.2. The predicted octanol–water partition coefficient (Wildman–Crippen LogP) is 7.16. The van der Waals surface area contributed by atoms with Gasteiger partial charge in [0.05, 0.1) is 10.0 Å². The second-order valence-electron chi connectivity index (χ2n) is 6.65. The fourth-order valence-corrected chi connectivity index (χ4v) is 4.38. The van der Waals surface area contributed by atoms with Gasteiger partial charge in [-0.15, -0.1) is 11.8 Å². The Morgan fingerprint density at radius 2 is 1.72 bits per heavy atom. The van der Waals surface area contributed by atoms with E-state index in [9.17, 15) is 18.0 Å². The molecule has 166 valence electrons. The largest absolute Gasteiger partial charge is 0.481 e. The topological polar surface area (TPSA) is 46.5 Å². The monoisotopic (exact) mass is 522 g/mol. The van der Waals surface area contributed by atoms with Crippen molar-refractivity contribution in [3.63, 3.8) is 0 Å². The zero-order chi connectivity index (χ0) is 23.1. The van der Waals surface area contributed by atoms with E-state index in [0.717, 1.165) is 22.6 Å². The summed E-state index contributed by atoms with van der Waals surface area (Å²) in [4.78, 5) is 11.5. The Morgan fingerprint density at radius 3 is 2.38 bits per heavy atom. The average molecular weight is 523 g/mol. The molecule has 0 aromatic heterocycles. The molecule has 0 saturated heterocycles. The van der Waals surface area contributed by atoms with Crippen LogP contribution in [-0.2, 0) is 11.0 Å². The summed E-state index contributed by atoms with van der Waals surface area (Å²) >= 11 is 4.86. The van der Waals surface area contributed by atoms with Crippen molar-refractivity contribution in [1.82, 2.24) is 0 Å². The van der Waals surface area contributed by atoms with Gasteiger partial charge in [0.1, 0.15) is 5.75 Å². The molecule has 0 bridgehead atoms. The number of carboxylic acid groups (broad SMARTS) is 1. The van der Waals surface area contributed by atoms with E-state index < -0.39 is 24.3 Å². The van der Waals surface area contributed by atoms with Crippen LogP contribution in [0.15, 0.2) is 88.2 Å². The Bertz CT molecular complexity index is 1110. The molecule has 8 heteroatoms. The van der Waals surface area contributed by atoms with E-state index in [1.807, 2.05) is 42.5 Å². The van der Waals surface area contributed by atoms with Gasteiger partial charge in [0, 0.05) is 10.6 Å². The normalized spacial score (nSPS) is 11.9. The summed E-state index contributed by atoms with van der Waals surface area (Å²) < 4.78 is 45.4. The van der Waals surface area contributed by atoms with Gasteiger partial charge in [0.15, 0.2) is 6.61 Å². The fraction of sp³-hybridized carbons (Fsp3) is 0.125. The maximum atomic E-state index is 13.2. The quantitative estimate of drug-likeness (QED) is 0.319. The molecular weight excluding hydrogens is 505 g/mol. The van der Waals surface area contributed by atoms with Crippen LogP contribution in [0.2, 0.25) is 0 Å². The number of hydrogen-bond acceptors (Lipinski definition) is 3. The first kappa shape index (κ1) is 23.9. The highest BCUT2D eigenvalue weighted by Crippen LogP contribution is 2.34. The van der Waals surface area contributed by atoms with E-state index in [1.165, 1.54) is 17.8 Å². The van der Waals surface area contributed by atoms with E-state index in [0.29, 0.717) is 27.1 Å². The highest BCUT2D eigenvalue weighted by atomic mass is 79.9. The Morgan fingerprint density at radius 1 is 1.00 bits per heavy atom. The van der Waals surface area contributed by atoms with Crippen LogP contribution in [0.25, 0.3) is 5.57 Å². The SMILES string of the molecule is O=C(O)COc1ccc(SCC=C(c2ccccc2)c2cccc(C(F)(F)F)c2)cc1Br. The van der Waals surface area contributed by atoms with Gasteiger partial charge in [0.25, 0.3) is 0 Å². The van der Waals surface area contributed by atoms with Gasteiger partial charge in [-0.3, -0.25) is 0 Å². The number of benzene rings is 3. The molecule has 0 fully saturated rings. The van der Waals surface area contributed by atoms with Gasteiger partial charge in [-0.2, -0.15) is 13.2 Å². The molecular formula is C24H18BrF3O3S. The highest BCUT2D eigenvalue weighted by molar-refractivity contribution is 9.10. The zero-order valence-corrected chi connectivity index (χ0v) is 19.0. The molecule has 3 aromatic carbocycles. The van der Waals surface area contributed by atoms with Crippen molar-refractivity contribution in [2.75, 3.05) is 12.4 Å². The third kappa shape index (κ3) is 6.64. The Kier molecular flexibility index (Phi) is 8.04. The fourth-order valence-electron chi connectivity index (χ4n) is 2.93. The molecule has 3 aromatic rings. The number of aliphatic carboxylic acids is 1. The van der Waals surface area contributed by atoms with E-state index in [-0.39, 0.29) is 0 Å². The number of carbonyl (C=O) groups is 1. The summed E-state index contributed by atoms with van der Waals surface area (Å²) in [5, 5.41) is 8.72. The lowest BCUT2D eigenvalue weighted by molar-refractivity contribution is -0.139. The van der Waals surface area contributed by atoms with Crippen LogP contribution >= 0.6 is 27.7 Å². The summed E-state index contributed by atoms with van der Waals surface area (Å²) in [5.41, 5.74) is 1.34. The van der Waals surface area contributed by atoms with Gasteiger partial charge >= 0.3 is 12.1 Å². The van der Waals surface area contributed by atoms with Crippen molar-refractivity contribution < 1.29 is 27.8 Å². The van der Waals surface area contributed by atoms with Gasteiger partial charge < -0.3 is 9.84 Å². The van der Waals surface area contributed by atoms with Gasteiger partial charge in [0.2, 0.25) is 0 Å². The van der Waals surface area contributed by atoms with Crippen LogP contribution in [0, 0.1) is 0 Å². The summed E-state index contributed by atoms with van der Waals surface area (Å²) in [6.45, 7) is -0.439. The third-order valence-electron chi connectivity index (χ3n) is 4.38. The van der Waals surface area contributed by atoms with E-state index >= 15 is 0 Å². The number of thioether (sulfide) groups is 1. The molecule has 0 unspecified atom stereocenters. The van der Waals surface area contributed by atoms with Gasteiger partial charge in [-0.05, 0) is 63.0 Å².